The first kappa shape index (κ1) is 10.7. The van der Waals surface area contributed by atoms with Gasteiger partial charge in [-0.15, -0.1) is 0 Å². The van der Waals surface area contributed by atoms with Crippen molar-refractivity contribution in [3.8, 4) is 0 Å². The van der Waals surface area contributed by atoms with E-state index in [1.165, 1.54) is 17.2 Å². The van der Waals surface area contributed by atoms with E-state index in [4.69, 9.17) is 5.11 Å². The first-order chi connectivity index (χ1) is 7.61. The van der Waals surface area contributed by atoms with Crippen LogP contribution >= 0.6 is 0 Å². The molecule has 2 atom stereocenters. The summed E-state index contributed by atoms with van der Waals surface area (Å²) in [6.45, 7) is 2.19. The number of rotatable bonds is 2. The fourth-order valence-corrected chi connectivity index (χ4v) is 2.03. The van der Waals surface area contributed by atoms with Crippen LogP contribution in [-0.2, 0) is 4.79 Å². The van der Waals surface area contributed by atoms with Gasteiger partial charge in [0.1, 0.15) is 6.26 Å². The Kier molecular flexibility index (Phi) is 2.64. The van der Waals surface area contributed by atoms with Crippen LogP contribution in [0.4, 0.5) is 0 Å². The minimum absolute atomic E-state index is 0.220. The van der Waals surface area contributed by atoms with Gasteiger partial charge in [-0.2, -0.15) is 0 Å². The SMILES string of the molecule is CC1C(C(=O)O)CCN1C(=O)c1ccon1. The summed E-state index contributed by atoms with van der Waals surface area (Å²) in [5.74, 6) is -1.62. The number of aliphatic carboxylic acids is 1. The maximum Gasteiger partial charge on any atom is 0.308 e. The third-order valence-corrected chi connectivity index (χ3v) is 2.99. The van der Waals surface area contributed by atoms with Crippen molar-refractivity contribution < 1.29 is 19.2 Å². The van der Waals surface area contributed by atoms with Gasteiger partial charge in [0.2, 0.25) is 0 Å². The number of likely N-dealkylation sites (tertiary alicyclic amines) is 1. The van der Waals surface area contributed by atoms with E-state index in [2.05, 4.69) is 9.68 Å². The van der Waals surface area contributed by atoms with Crippen LogP contribution in [0.15, 0.2) is 16.9 Å². The molecule has 2 unspecified atom stereocenters. The summed E-state index contributed by atoms with van der Waals surface area (Å²) < 4.78 is 4.59. The molecule has 0 aliphatic carbocycles. The molecule has 1 aromatic rings. The van der Waals surface area contributed by atoms with Crippen LogP contribution in [0.25, 0.3) is 0 Å². The van der Waals surface area contributed by atoms with Crippen molar-refractivity contribution in [2.24, 2.45) is 5.92 Å². The molecule has 0 bridgehead atoms. The third-order valence-electron chi connectivity index (χ3n) is 2.99. The highest BCUT2D eigenvalue weighted by atomic mass is 16.5. The fourth-order valence-electron chi connectivity index (χ4n) is 2.03. The van der Waals surface area contributed by atoms with Gasteiger partial charge in [-0.05, 0) is 13.3 Å². The van der Waals surface area contributed by atoms with Crippen molar-refractivity contribution in [2.45, 2.75) is 19.4 Å². The Balaban J connectivity index is 2.13. The fraction of sp³-hybridized carbons (Fsp3) is 0.500. The average Bonchev–Trinajstić information content (AvgIpc) is 2.84. The molecule has 0 saturated carbocycles. The Hall–Kier alpha value is -1.85. The van der Waals surface area contributed by atoms with Gasteiger partial charge in [-0.25, -0.2) is 0 Å². The van der Waals surface area contributed by atoms with Crippen LogP contribution in [0, 0.1) is 5.92 Å². The predicted octanol–water partition coefficient (Wildman–Crippen LogP) is 0.610. The lowest BCUT2D eigenvalue weighted by Gasteiger charge is -2.21. The lowest BCUT2D eigenvalue weighted by atomic mass is 10.0. The molecule has 1 aliphatic heterocycles. The minimum Gasteiger partial charge on any atom is -0.481 e. The van der Waals surface area contributed by atoms with E-state index in [9.17, 15) is 9.59 Å². The van der Waals surface area contributed by atoms with E-state index >= 15 is 0 Å². The second-order valence-electron chi connectivity index (χ2n) is 3.86. The Morgan fingerprint density at radius 2 is 2.38 bits per heavy atom. The number of amides is 1. The summed E-state index contributed by atoms with van der Waals surface area (Å²) in [7, 11) is 0. The zero-order valence-corrected chi connectivity index (χ0v) is 8.79. The number of aromatic nitrogens is 1. The van der Waals surface area contributed by atoms with Crippen molar-refractivity contribution in [1.29, 1.82) is 0 Å². The quantitative estimate of drug-likeness (QED) is 0.795. The van der Waals surface area contributed by atoms with Gasteiger partial charge in [-0.3, -0.25) is 9.59 Å². The largest absolute Gasteiger partial charge is 0.481 e. The molecule has 2 rings (SSSR count). The number of carboxylic acids is 1. The molecule has 0 radical (unpaired) electrons. The Morgan fingerprint density at radius 3 is 2.88 bits per heavy atom. The lowest BCUT2D eigenvalue weighted by molar-refractivity contribution is -0.142. The van der Waals surface area contributed by atoms with E-state index < -0.39 is 11.9 Å². The van der Waals surface area contributed by atoms with Gasteiger partial charge in [0, 0.05) is 18.7 Å². The number of carbonyl (C=O) groups excluding carboxylic acids is 1. The number of hydrogen-bond acceptors (Lipinski definition) is 4. The number of nitrogens with zero attached hydrogens (tertiary/aromatic N) is 2. The van der Waals surface area contributed by atoms with Gasteiger partial charge >= 0.3 is 5.97 Å². The summed E-state index contributed by atoms with van der Waals surface area (Å²) >= 11 is 0. The second-order valence-corrected chi connectivity index (χ2v) is 3.86. The number of carbonyl (C=O) groups is 2. The maximum absolute atomic E-state index is 11.9. The van der Waals surface area contributed by atoms with Crippen LogP contribution in [0.2, 0.25) is 0 Å². The van der Waals surface area contributed by atoms with Crippen LogP contribution in [0.5, 0.6) is 0 Å². The normalized spacial score (nSPS) is 24.7. The molecule has 0 aromatic carbocycles. The number of carboxylic acid groups (broad SMARTS) is 1. The Labute approximate surface area is 91.8 Å². The smallest absolute Gasteiger partial charge is 0.308 e. The monoisotopic (exact) mass is 224 g/mol. The van der Waals surface area contributed by atoms with Crippen molar-refractivity contribution in [1.82, 2.24) is 10.1 Å². The van der Waals surface area contributed by atoms with Crippen LogP contribution in [0.3, 0.4) is 0 Å². The van der Waals surface area contributed by atoms with E-state index in [1.54, 1.807) is 6.92 Å². The van der Waals surface area contributed by atoms with Crippen molar-refractivity contribution >= 4 is 11.9 Å². The Bertz CT molecular complexity index is 401. The van der Waals surface area contributed by atoms with Crippen LogP contribution in [-0.4, -0.2) is 39.6 Å². The van der Waals surface area contributed by atoms with E-state index in [-0.39, 0.29) is 17.6 Å². The molecule has 1 N–H and O–H groups in total. The number of hydrogen-bond donors (Lipinski definition) is 1. The van der Waals surface area contributed by atoms with Gasteiger partial charge in [0.25, 0.3) is 5.91 Å². The summed E-state index contributed by atoms with van der Waals surface area (Å²) in [5, 5.41) is 12.5. The van der Waals surface area contributed by atoms with Gasteiger partial charge < -0.3 is 14.5 Å². The third kappa shape index (κ3) is 1.66. The maximum atomic E-state index is 11.9. The Morgan fingerprint density at radius 1 is 1.62 bits per heavy atom. The highest BCUT2D eigenvalue weighted by Gasteiger charge is 2.38. The van der Waals surface area contributed by atoms with E-state index in [1.807, 2.05) is 0 Å². The summed E-state index contributed by atoms with van der Waals surface area (Å²) in [6.07, 6.45) is 1.81. The average molecular weight is 224 g/mol. The van der Waals surface area contributed by atoms with Crippen LogP contribution in [0.1, 0.15) is 23.8 Å². The lowest BCUT2D eigenvalue weighted by Crippen LogP contribution is -2.37. The molecule has 1 aliphatic rings. The highest BCUT2D eigenvalue weighted by molar-refractivity contribution is 5.93. The van der Waals surface area contributed by atoms with Crippen molar-refractivity contribution in [2.75, 3.05) is 6.54 Å². The first-order valence-corrected chi connectivity index (χ1v) is 5.05. The molecule has 16 heavy (non-hydrogen) atoms. The molecular formula is C10H12N2O4. The molecule has 6 heteroatoms. The molecule has 1 saturated heterocycles. The summed E-state index contributed by atoms with van der Waals surface area (Å²) in [4.78, 5) is 24.3. The molecule has 0 spiro atoms. The second kappa shape index (κ2) is 3.96. The van der Waals surface area contributed by atoms with Gasteiger partial charge in [-0.1, -0.05) is 5.16 Å². The standard InChI is InChI=1S/C10H12N2O4/c1-6-7(10(14)15)2-4-12(6)9(13)8-3-5-16-11-8/h3,5-7H,2,4H2,1H3,(H,14,15). The topological polar surface area (TPSA) is 83.6 Å². The molecule has 1 fully saturated rings. The van der Waals surface area contributed by atoms with Crippen molar-refractivity contribution in [3.63, 3.8) is 0 Å². The molecule has 1 aromatic heterocycles. The van der Waals surface area contributed by atoms with Gasteiger partial charge in [0.15, 0.2) is 5.69 Å². The van der Waals surface area contributed by atoms with E-state index in [0.717, 1.165) is 0 Å². The minimum atomic E-state index is -0.858. The van der Waals surface area contributed by atoms with Gasteiger partial charge in [0.05, 0.1) is 5.92 Å². The molecular weight excluding hydrogens is 212 g/mol. The first-order valence-electron chi connectivity index (χ1n) is 5.05. The summed E-state index contributed by atoms with van der Waals surface area (Å²) in [6, 6.07) is 1.17. The summed E-state index contributed by atoms with van der Waals surface area (Å²) in [5.41, 5.74) is 0.220. The predicted molar refractivity (Wildman–Crippen MR) is 52.7 cm³/mol. The van der Waals surface area contributed by atoms with Crippen molar-refractivity contribution in [3.05, 3.63) is 18.0 Å². The highest BCUT2D eigenvalue weighted by Crippen LogP contribution is 2.25. The zero-order valence-electron chi connectivity index (χ0n) is 8.79. The van der Waals surface area contributed by atoms with E-state index in [0.29, 0.717) is 13.0 Å². The molecule has 86 valence electrons. The molecule has 6 nitrogen and oxygen atoms in total. The van der Waals surface area contributed by atoms with Crippen LogP contribution < -0.4 is 0 Å². The molecule has 1 amide bonds. The zero-order chi connectivity index (χ0) is 11.7. The molecule has 2 heterocycles.